The first-order chi connectivity index (χ1) is 14.3. The largest absolute Gasteiger partial charge is 0.254 e. The van der Waals surface area contributed by atoms with E-state index in [4.69, 9.17) is 0 Å². The fourth-order valence-corrected chi connectivity index (χ4v) is 5.25. The van der Waals surface area contributed by atoms with Crippen molar-refractivity contribution < 1.29 is 4.21 Å². The van der Waals surface area contributed by atoms with E-state index in [0.29, 0.717) is 0 Å². The van der Waals surface area contributed by atoms with Crippen molar-refractivity contribution >= 4 is 22.6 Å². The lowest BCUT2D eigenvalue weighted by Gasteiger charge is -2.07. The van der Waals surface area contributed by atoms with Crippen molar-refractivity contribution in [1.29, 1.82) is 0 Å². The Hall–Kier alpha value is -1.84. The van der Waals surface area contributed by atoms with Crippen molar-refractivity contribution in [3.8, 4) is 11.1 Å². The molecule has 3 heteroatoms. The summed E-state index contributed by atoms with van der Waals surface area (Å²) < 4.78 is 12.5. The van der Waals surface area contributed by atoms with Gasteiger partial charge in [0.25, 0.3) is 0 Å². The van der Waals surface area contributed by atoms with E-state index >= 15 is 0 Å². The van der Waals surface area contributed by atoms with Gasteiger partial charge in [0.2, 0.25) is 0 Å². The maximum absolute atomic E-state index is 12.5. The molecule has 0 spiro atoms. The minimum atomic E-state index is -0.885. The highest BCUT2D eigenvalue weighted by molar-refractivity contribution is 7.99. The van der Waals surface area contributed by atoms with Crippen LogP contribution in [0.15, 0.2) is 93.5 Å². The molecule has 3 aromatic carbocycles. The fraction of sp³-hybridized carbons (Fsp3) is 0.308. The van der Waals surface area contributed by atoms with Crippen molar-refractivity contribution in [3.05, 3.63) is 78.9 Å². The molecule has 0 fully saturated rings. The van der Waals surface area contributed by atoms with E-state index < -0.39 is 10.8 Å². The summed E-state index contributed by atoms with van der Waals surface area (Å²) >= 11 is 1.77. The van der Waals surface area contributed by atoms with E-state index in [1.165, 1.54) is 53.0 Å². The Bertz CT molecular complexity index is 871. The molecule has 0 N–H and O–H groups in total. The predicted molar refractivity (Wildman–Crippen MR) is 127 cm³/mol. The number of rotatable bonds is 11. The van der Waals surface area contributed by atoms with Crippen LogP contribution in [0.5, 0.6) is 0 Å². The summed E-state index contributed by atoms with van der Waals surface area (Å²) in [5.74, 6) is 0.775. The molecule has 1 nitrogen and oxygen atoms in total. The topological polar surface area (TPSA) is 17.1 Å². The second-order valence-corrected chi connectivity index (χ2v) is 10.00. The first kappa shape index (κ1) is 21.9. The molecule has 29 heavy (non-hydrogen) atoms. The van der Waals surface area contributed by atoms with Crippen LogP contribution in [0.2, 0.25) is 0 Å². The van der Waals surface area contributed by atoms with Crippen molar-refractivity contribution in [2.45, 2.75) is 60.1 Å². The third-order valence-electron chi connectivity index (χ3n) is 4.97. The summed E-state index contributed by atoms with van der Waals surface area (Å²) in [6, 6.07) is 27.3. The van der Waals surface area contributed by atoms with Gasteiger partial charge in [0.05, 0.1) is 10.8 Å². The molecule has 0 saturated carbocycles. The van der Waals surface area contributed by atoms with Crippen molar-refractivity contribution in [1.82, 2.24) is 0 Å². The van der Waals surface area contributed by atoms with Gasteiger partial charge in [0, 0.05) is 20.4 Å². The Balaban J connectivity index is 1.52. The molecule has 0 aliphatic rings. The minimum Gasteiger partial charge on any atom is -0.254 e. The molecule has 152 valence electrons. The van der Waals surface area contributed by atoms with Gasteiger partial charge in [-0.05, 0) is 53.9 Å². The van der Waals surface area contributed by atoms with Crippen molar-refractivity contribution in [2.75, 3.05) is 5.75 Å². The number of hydrogen-bond acceptors (Lipinski definition) is 2. The molecule has 0 aromatic heterocycles. The number of hydrogen-bond donors (Lipinski definition) is 0. The zero-order chi connectivity index (χ0) is 20.3. The van der Waals surface area contributed by atoms with Gasteiger partial charge in [-0.25, -0.2) is 0 Å². The Morgan fingerprint density at radius 3 is 1.86 bits per heavy atom. The maximum Gasteiger partial charge on any atom is 0.0529 e. The van der Waals surface area contributed by atoms with Gasteiger partial charge in [-0.2, -0.15) is 0 Å². The summed E-state index contributed by atoms with van der Waals surface area (Å²) in [6.45, 7) is 2.23. The highest BCUT2D eigenvalue weighted by Gasteiger charge is 2.05. The summed E-state index contributed by atoms with van der Waals surface area (Å²) in [7, 11) is -0.885. The molecule has 1 unspecified atom stereocenters. The molecular weight excluding hydrogens is 392 g/mol. The molecule has 1 atom stereocenters. The van der Waals surface area contributed by atoms with Crippen LogP contribution in [0.4, 0.5) is 0 Å². The van der Waals surface area contributed by atoms with Crippen LogP contribution in [0.25, 0.3) is 11.1 Å². The van der Waals surface area contributed by atoms with Crippen LogP contribution >= 0.6 is 11.8 Å². The lowest BCUT2D eigenvalue weighted by molar-refractivity contribution is 0.622. The molecule has 0 heterocycles. The molecule has 3 rings (SSSR count). The smallest absolute Gasteiger partial charge is 0.0529 e. The number of benzene rings is 3. The predicted octanol–water partition coefficient (Wildman–Crippen LogP) is 7.97. The summed E-state index contributed by atoms with van der Waals surface area (Å²) in [6.07, 6.45) is 7.40. The first-order valence-electron chi connectivity index (χ1n) is 10.6. The SMILES string of the molecule is CCCCCCCCS(=O)c1ccc(-c2ccc(Sc3ccccc3)cc2)cc1. The molecule has 0 bridgehead atoms. The zero-order valence-corrected chi connectivity index (χ0v) is 18.8. The molecule has 0 amide bonds. The van der Waals surface area contributed by atoms with Crippen molar-refractivity contribution in [2.24, 2.45) is 0 Å². The van der Waals surface area contributed by atoms with Gasteiger partial charge in [-0.3, -0.25) is 4.21 Å². The van der Waals surface area contributed by atoms with Gasteiger partial charge in [-0.15, -0.1) is 0 Å². The Kier molecular flexibility index (Phi) is 9.04. The number of unbranched alkanes of at least 4 members (excludes halogenated alkanes) is 5. The van der Waals surface area contributed by atoms with Crippen LogP contribution in [0.3, 0.4) is 0 Å². The zero-order valence-electron chi connectivity index (χ0n) is 17.2. The maximum atomic E-state index is 12.5. The second-order valence-electron chi connectivity index (χ2n) is 7.28. The van der Waals surface area contributed by atoms with Gasteiger partial charge in [-0.1, -0.05) is 93.3 Å². The van der Waals surface area contributed by atoms with Crippen molar-refractivity contribution in [3.63, 3.8) is 0 Å². The summed E-state index contributed by atoms with van der Waals surface area (Å²) in [5, 5.41) is 0. The van der Waals surface area contributed by atoms with E-state index in [1.807, 2.05) is 18.2 Å². The standard InChI is InChI=1S/C26H30OS2/c1-2-3-4-5-6-10-21-29(27)26-19-15-23(16-20-26)22-13-17-25(18-14-22)28-24-11-8-7-9-12-24/h7-9,11-20H,2-6,10,21H2,1H3. The monoisotopic (exact) mass is 422 g/mol. The normalized spacial score (nSPS) is 12.0. The highest BCUT2D eigenvalue weighted by atomic mass is 32.2. The average molecular weight is 423 g/mol. The Morgan fingerprint density at radius 1 is 0.655 bits per heavy atom. The van der Waals surface area contributed by atoms with E-state index in [1.54, 1.807) is 11.8 Å². The fourth-order valence-electron chi connectivity index (χ4n) is 3.27. The quantitative estimate of drug-likeness (QED) is 0.291. The Morgan fingerprint density at radius 2 is 1.21 bits per heavy atom. The Labute approximate surface area is 182 Å². The molecule has 3 aromatic rings. The molecule has 0 saturated heterocycles. The molecule has 0 aliphatic carbocycles. The van der Waals surface area contributed by atoms with Crippen LogP contribution < -0.4 is 0 Å². The lowest BCUT2D eigenvalue weighted by atomic mass is 10.1. The van der Waals surface area contributed by atoms with E-state index in [-0.39, 0.29) is 0 Å². The van der Waals surface area contributed by atoms with Gasteiger partial charge in [0.15, 0.2) is 0 Å². The van der Waals surface area contributed by atoms with Gasteiger partial charge >= 0.3 is 0 Å². The van der Waals surface area contributed by atoms with E-state index in [0.717, 1.165) is 17.1 Å². The minimum absolute atomic E-state index is 0.775. The molecular formula is C26H30OS2. The van der Waals surface area contributed by atoms with E-state index in [2.05, 4.69) is 67.6 Å². The van der Waals surface area contributed by atoms with Gasteiger partial charge in [0.1, 0.15) is 0 Å². The molecule has 0 radical (unpaired) electrons. The third-order valence-corrected chi connectivity index (χ3v) is 7.44. The summed E-state index contributed by atoms with van der Waals surface area (Å²) in [5.41, 5.74) is 2.36. The van der Waals surface area contributed by atoms with Gasteiger partial charge < -0.3 is 0 Å². The summed E-state index contributed by atoms with van der Waals surface area (Å²) in [4.78, 5) is 3.42. The first-order valence-corrected chi connectivity index (χ1v) is 12.7. The van der Waals surface area contributed by atoms with E-state index in [9.17, 15) is 4.21 Å². The lowest BCUT2D eigenvalue weighted by Crippen LogP contribution is -1.98. The third kappa shape index (κ3) is 7.17. The average Bonchev–Trinajstić information content (AvgIpc) is 2.77. The second kappa shape index (κ2) is 12.0. The van der Waals surface area contributed by atoms with Crippen LogP contribution in [0, 0.1) is 0 Å². The van der Waals surface area contributed by atoms with Crippen LogP contribution in [-0.2, 0) is 10.8 Å². The van der Waals surface area contributed by atoms with Crippen LogP contribution in [0.1, 0.15) is 45.4 Å². The highest BCUT2D eigenvalue weighted by Crippen LogP contribution is 2.29. The molecule has 0 aliphatic heterocycles. The van der Waals surface area contributed by atoms with Crippen LogP contribution in [-0.4, -0.2) is 9.96 Å².